The van der Waals surface area contributed by atoms with Crippen molar-refractivity contribution in [1.82, 2.24) is 0 Å². The van der Waals surface area contributed by atoms with Crippen molar-refractivity contribution in [3.8, 4) is 0 Å². The molecule has 0 saturated carbocycles. The van der Waals surface area contributed by atoms with Gasteiger partial charge in [0.15, 0.2) is 5.54 Å². The molecule has 1 atom stereocenters. The van der Waals surface area contributed by atoms with Crippen LogP contribution in [0.25, 0.3) is 0 Å². The molecule has 2 rings (SSSR count). The molecule has 0 fully saturated rings. The van der Waals surface area contributed by atoms with Crippen molar-refractivity contribution in [3.63, 3.8) is 0 Å². The molecule has 0 unspecified atom stereocenters. The molecule has 0 radical (unpaired) electrons. The fourth-order valence-electron chi connectivity index (χ4n) is 1.78. The molecule has 0 aliphatic carbocycles. The number of carbonyl (C=O) groups excluding carboxylic acids is 1. The lowest BCUT2D eigenvalue weighted by atomic mass is 9.88. The molecule has 0 N–H and O–H groups in total. The molecule has 0 amide bonds. The molecule has 1 aromatic carbocycles. The van der Waals surface area contributed by atoms with Gasteiger partial charge in [-0.05, 0) is 18.4 Å². The lowest BCUT2D eigenvalue weighted by molar-refractivity contribution is -0.150. The van der Waals surface area contributed by atoms with Gasteiger partial charge in [-0.25, -0.2) is 4.79 Å². The molecule has 0 spiro atoms. The zero-order chi connectivity index (χ0) is 12.5. The van der Waals surface area contributed by atoms with Gasteiger partial charge in [0.05, 0.1) is 5.71 Å². The van der Waals surface area contributed by atoms with Crippen LogP contribution in [0.3, 0.4) is 0 Å². The predicted molar refractivity (Wildman–Crippen MR) is 67.2 cm³/mol. The van der Waals surface area contributed by atoms with Crippen molar-refractivity contribution in [2.24, 2.45) is 10.9 Å². The van der Waals surface area contributed by atoms with Gasteiger partial charge in [-0.2, -0.15) is 0 Å². The van der Waals surface area contributed by atoms with E-state index in [2.05, 4.69) is 4.99 Å². The molecule has 90 valence electrons. The van der Waals surface area contributed by atoms with Crippen LogP contribution >= 0.6 is 0 Å². The Morgan fingerprint density at radius 1 is 1.29 bits per heavy atom. The third kappa shape index (κ3) is 2.09. The molecule has 3 heteroatoms. The van der Waals surface area contributed by atoms with Crippen LogP contribution in [-0.2, 0) is 9.53 Å². The van der Waals surface area contributed by atoms with E-state index in [0.717, 1.165) is 11.3 Å². The highest BCUT2D eigenvalue weighted by atomic mass is 16.5. The van der Waals surface area contributed by atoms with Gasteiger partial charge in [-0.3, -0.25) is 4.99 Å². The summed E-state index contributed by atoms with van der Waals surface area (Å²) in [6.45, 7) is 6.07. The fourth-order valence-corrected chi connectivity index (χ4v) is 1.78. The summed E-state index contributed by atoms with van der Waals surface area (Å²) in [5.41, 5.74) is 1.11. The second-order valence-electron chi connectivity index (χ2n) is 4.80. The Balaban J connectivity index is 2.41. The first-order valence-corrected chi connectivity index (χ1v) is 5.85. The lowest BCUT2D eigenvalue weighted by Gasteiger charge is -2.32. The second kappa shape index (κ2) is 4.32. The van der Waals surface area contributed by atoms with Crippen LogP contribution in [0.1, 0.15) is 26.3 Å². The average Bonchev–Trinajstić information content (AvgIpc) is 2.33. The first-order chi connectivity index (χ1) is 8.04. The van der Waals surface area contributed by atoms with Gasteiger partial charge in [0, 0.05) is 0 Å². The number of esters is 1. The number of rotatable bonds is 2. The molecular formula is C14H17NO2. The summed E-state index contributed by atoms with van der Waals surface area (Å²) in [6, 6.07) is 9.85. The summed E-state index contributed by atoms with van der Waals surface area (Å²) in [7, 11) is 0. The molecule has 1 aromatic rings. The standard InChI is InChI=1S/C14H17NO2/c1-10(2)14(3)13(16)17-9-12(15-14)11-7-5-4-6-8-11/h4-8,10H,9H2,1-3H3/t14-/m1/s1. The van der Waals surface area contributed by atoms with E-state index in [0.29, 0.717) is 0 Å². The summed E-state index contributed by atoms with van der Waals surface area (Å²) in [5.74, 6) is -0.110. The Hall–Kier alpha value is -1.64. The number of benzene rings is 1. The van der Waals surface area contributed by atoms with Crippen LogP contribution in [0, 0.1) is 5.92 Å². The zero-order valence-corrected chi connectivity index (χ0v) is 10.4. The minimum atomic E-state index is -0.760. The first kappa shape index (κ1) is 11.8. The Labute approximate surface area is 102 Å². The highest BCUT2D eigenvalue weighted by molar-refractivity contribution is 6.06. The number of aliphatic imine (C=N–C) groups is 1. The molecule has 17 heavy (non-hydrogen) atoms. The first-order valence-electron chi connectivity index (χ1n) is 5.85. The van der Waals surface area contributed by atoms with Crippen LogP contribution in [0.5, 0.6) is 0 Å². The van der Waals surface area contributed by atoms with E-state index in [9.17, 15) is 4.79 Å². The minimum absolute atomic E-state index is 0.119. The molecule has 0 saturated heterocycles. The molecule has 0 bridgehead atoms. The maximum Gasteiger partial charge on any atom is 0.334 e. The van der Waals surface area contributed by atoms with E-state index in [1.807, 2.05) is 51.1 Å². The second-order valence-corrected chi connectivity index (χ2v) is 4.80. The van der Waals surface area contributed by atoms with E-state index >= 15 is 0 Å². The summed E-state index contributed by atoms with van der Waals surface area (Å²) < 4.78 is 5.25. The van der Waals surface area contributed by atoms with Crippen molar-refractivity contribution in [3.05, 3.63) is 35.9 Å². The largest absolute Gasteiger partial charge is 0.457 e. The van der Waals surface area contributed by atoms with Gasteiger partial charge in [0.25, 0.3) is 0 Å². The number of hydrogen-bond acceptors (Lipinski definition) is 3. The Morgan fingerprint density at radius 3 is 2.53 bits per heavy atom. The van der Waals surface area contributed by atoms with Gasteiger partial charge in [-0.1, -0.05) is 44.2 Å². The van der Waals surface area contributed by atoms with Crippen LogP contribution in [0.4, 0.5) is 0 Å². The topological polar surface area (TPSA) is 38.7 Å². The van der Waals surface area contributed by atoms with Gasteiger partial charge in [0.1, 0.15) is 6.61 Å². The zero-order valence-electron chi connectivity index (χ0n) is 10.4. The van der Waals surface area contributed by atoms with Gasteiger partial charge in [0.2, 0.25) is 0 Å². The smallest absolute Gasteiger partial charge is 0.334 e. The Kier molecular flexibility index (Phi) is 3.01. The van der Waals surface area contributed by atoms with Gasteiger partial charge in [-0.15, -0.1) is 0 Å². The van der Waals surface area contributed by atoms with Crippen molar-refractivity contribution in [2.75, 3.05) is 6.61 Å². The number of ether oxygens (including phenoxy) is 1. The Bertz CT molecular complexity index is 451. The maximum absolute atomic E-state index is 11.8. The molecule has 0 aromatic heterocycles. The summed E-state index contributed by atoms with van der Waals surface area (Å²) in [6.07, 6.45) is 0. The van der Waals surface area contributed by atoms with Crippen LogP contribution in [-0.4, -0.2) is 23.8 Å². The third-order valence-corrected chi connectivity index (χ3v) is 3.35. The minimum Gasteiger partial charge on any atom is -0.457 e. The number of nitrogens with zero attached hydrogens (tertiary/aromatic N) is 1. The van der Waals surface area contributed by atoms with Gasteiger partial charge < -0.3 is 4.74 Å². The number of cyclic esters (lactones) is 1. The summed E-state index contributed by atoms with van der Waals surface area (Å²) >= 11 is 0. The van der Waals surface area contributed by atoms with Gasteiger partial charge >= 0.3 is 5.97 Å². The highest BCUT2D eigenvalue weighted by Crippen LogP contribution is 2.27. The summed E-state index contributed by atoms with van der Waals surface area (Å²) in [4.78, 5) is 16.4. The molecule has 1 heterocycles. The van der Waals surface area contributed by atoms with Crippen LogP contribution < -0.4 is 0 Å². The number of carbonyl (C=O) groups is 1. The number of hydrogen-bond donors (Lipinski definition) is 0. The maximum atomic E-state index is 11.8. The van der Waals surface area contributed by atoms with E-state index < -0.39 is 5.54 Å². The third-order valence-electron chi connectivity index (χ3n) is 3.35. The van der Waals surface area contributed by atoms with Crippen LogP contribution in [0.2, 0.25) is 0 Å². The van der Waals surface area contributed by atoms with E-state index in [-0.39, 0.29) is 18.5 Å². The normalized spacial score (nSPS) is 24.5. The quantitative estimate of drug-likeness (QED) is 0.733. The van der Waals surface area contributed by atoms with E-state index in [1.165, 1.54) is 0 Å². The van der Waals surface area contributed by atoms with E-state index in [1.54, 1.807) is 0 Å². The average molecular weight is 231 g/mol. The predicted octanol–water partition coefficient (Wildman–Crippen LogP) is 2.45. The molecular weight excluding hydrogens is 214 g/mol. The van der Waals surface area contributed by atoms with Crippen molar-refractivity contribution in [1.29, 1.82) is 0 Å². The molecule has 1 aliphatic rings. The van der Waals surface area contributed by atoms with Crippen molar-refractivity contribution < 1.29 is 9.53 Å². The Morgan fingerprint density at radius 2 is 1.94 bits per heavy atom. The van der Waals surface area contributed by atoms with Crippen molar-refractivity contribution >= 4 is 11.7 Å². The highest BCUT2D eigenvalue weighted by Gasteiger charge is 2.41. The fraction of sp³-hybridized carbons (Fsp3) is 0.429. The molecule has 3 nitrogen and oxygen atoms in total. The summed E-state index contributed by atoms with van der Waals surface area (Å²) in [5, 5.41) is 0. The van der Waals surface area contributed by atoms with Crippen molar-refractivity contribution in [2.45, 2.75) is 26.3 Å². The monoisotopic (exact) mass is 231 g/mol. The van der Waals surface area contributed by atoms with Crippen LogP contribution in [0.15, 0.2) is 35.3 Å². The lowest BCUT2D eigenvalue weighted by Crippen LogP contribution is -2.45. The van der Waals surface area contributed by atoms with E-state index in [4.69, 9.17) is 4.74 Å². The molecule has 1 aliphatic heterocycles. The SMILES string of the molecule is CC(C)[C@@]1(C)N=C(c2ccccc2)COC1=O.